The Balaban J connectivity index is 0.00000900. The Morgan fingerprint density at radius 1 is 0.774 bits per heavy atom. The largest absolute Gasteiger partial charge is 1.00 e. The first-order chi connectivity index (χ1) is 14.4. The smallest absolute Gasteiger partial charge is 0.745 e. The van der Waals surface area contributed by atoms with Crippen LogP contribution in [0, 0.1) is 0 Å². The first-order valence-electron chi connectivity index (χ1n) is 12.2. The number of hydrogen-bond donors (Lipinski definition) is 0. The van der Waals surface area contributed by atoms with E-state index in [0.717, 1.165) is 19.3 Å². The third-order valence-corrected chi connectivity index (χ3v) is 6.77. The van der Waals surface area contributed by atoms with E-state index in [0.29, 0.717) is 5.75 Å². The standard InChI is InChI=1S/C25H44O4S.Na/c1-4-7-9-11-13-15-17-22-19-20-24(29-25(6-3)30(26,27)28)21-23(22)18-16-14-12-10-8-5-2;/h19-21,25H,4-18H2,1-3H3,(H,26,27,28);/q;+1/p-1. The van der Waals surface area contributed by atoms with Crippen molar-refractivity contribution in [2.24, 2.45) is 0 Å². The summed E-state index contributed by atoms with van der Waals surface area (Å²) >= 11 is 0. The summed E-state index contributed by atoms with van der Waals surface area (Å²) in [7, 11) is -4.46. The second kappa shape index (κ2) is 18.4. The van der Waals surface area contributed by atoms with Gasteiger partial charge in [0.1, 0.15) is 15.9 Å². The molecule has 1 unspecified atom stereocenters. The van der Waals surface area contributed by atoms with Crippen LogP contribution in [0.3, 0.4) is 0 Å². The van der Waals surface area contributed by atoms with Crippen LogP contribution in [0.25, 0.3) is 0 Å². The molecule has 0 fully saturated rings. The molecule has 0 heterocycles. The first kappa shape index (κ1) is 30.9. The van der Waals surface area contributed by atoms with Crippen LogP contribution in [0.1, 0.15) is 115 Å². The van der Waals surface area contributed by atoms with Gasteiger partial charge in [-0.1, -0.05) is 91.0 Å². The van der Waals surface area contributed by atoms with Gasteiger partial charge in [0.2, 0.25) is 0 Å². The SMILES string of the molecule is CCCCCCCCc1ccc(OC(CC)S(=O)(=O)[O-])cc1CCCCCCCC.[Na+]. The number of benzene rings is 1. The average Bonchev–Trinajstić information content (AvgIpc) is 2.71. The molecule has 4 nitrogen and oxygen atoms in total. The van der Waals surface area contributed by atoms with Gasteiger partial charge in [0, 0.05) is 0 Å². The molecule has 1 aromatic carbocycles. The number of ether oxygens (including phenoxy) is 1. The van der Waals surface area contributed by atoms with Crippen LogP contribution in [0.4, 0.5) is 0 Å². The van der Waals surface area contributed by atoms with Crippen LogP contribution in [0.5, 0.6) is 5.75 Å². The minimum atomic E-state index is -4.46. The molecular weight excluding hydrogens is 419 g/mol. The zero-order valence-electron chi connectivity index (χ0n) is 20.5. The third-order valence-electron chi connectivity index (χ3n) is 5.70. The van der Waals surface area contributed by atoms with Gasteiger partial charge in [-0.2, -0.15) is 0 Å². The van der Waals surface area contributed by atoms with E-state index in [1.807, 2.05) is 12.1 Å². The monoisotopic (exact) mass is 462 g/mol. The molecule has 0 saturated carbocycles. The molecule has 0 radical (unpaired) electrons. The fourth-order valence-electron chi connectivity index (χ4n) is 3.84. The fourth-order valence-corrected chi connectivity index (χ4v) is 4.48. The Labute approximate surface area is 214 Å². The van der Waals surface area contributed by atoms with Crippen molar-refractivity contribution in [1.29, 1.82) is 0 Å². The van der Waals surface area contributed by atoms with Crippen LogP contribution < -0.4 is 34.3 Å². The van der Waals surface area contributed by atoms with Gasteiger partial charge in [0.05, 0.1) is 0 Å². The van der Waals surface area contributed by atoms with Crippen LogP contribution in [-0.2, 0) is 23.0 Å². The quantitative estimate of drug-likeness (QED) is 0.187. The molecule has 0 bridgehead atoms. The molecule has 0 saturated heterocycles. The van der Waals surface area contributed by atoms with Crippen molar-refractivity contribution in [1.82, 2.24) is 0 Å². The normalized spacial score (nSPS) is 12.4. The molecule has 1 rings (SSSR count). The number of unbranched alkanes of at least 4 members (excludes halogenated alkanes) is 10. The van der Waals surface area contributed by atoms with Crippen molar-refractivity contribution in [3.63, 3.8) is 0 Å². The van der Waals surface area contributed by atoms with Crippen molar-refractivity contribution in [2.75, 3.05) is 0 Å². The molecule has 0 aliphatic rings. The van der Waals surface area contributed by atoms with E-state index in [2.05, 4.69) is 19.9 Å². The fraction of sp³-hybridized carbons (Fsp3) is 0.760. The maximum atomic E-state index is 11.4. The average molecular weight is 463 g/mol. The second-order valence-corrected chi connectivity index (χ2v) is 9.93. The summed E-state index contributed by atoms with van der Waals surface area (Å²) in [6.07, 6.45) is 17.3. The summed E-state index contributed by atoms with van der Waals surface area (Å²) in [5.74, 6) is 0.494. The van der Waals surface area contributed by atoms with E-state index in [1.54, 1.807) is 6.92 Å². The van der Waals surface area contributed by atoms with Crippen molar-refractivity contribution >= 4 is 10.1 Å². The molecular formula is C25H43NaO4S. The van der Waals surface area contributed by atoms with Crippen LogP contribution in [-0.4, -0.2) is 18.4 Å². The number of rotatable bonds is 18. The van der Waals surface area contributed by atoms with Gasteiger partial charge >= 0.3 is 29.6 Å². The van der Waals surface area contributed by atoms with Gasteiger partial charge in [-0.25, -0.2) is 8.42 Å². The minimum Gasteiger partial charge on any atom is -0.745 e. The third kappa shape index (κ3) is 13.9. The maximum absolute atomic E-state index is 11.4. The van der Waals surface area contributed by atoms with E-state index in [4.69, 9.17) is 4.74 Å². The van der Waals surface area contributed by atoms with Gasteiger partial charge in [0.15, 0.2) is 5.44 Å². The molecule has 0 spiro atoms. The zero-order chi connectivity index (χ0) is 22.2. The Morgan fingerprint density at radius 3 is 1.74 bits per heavy atom. The molecule has 0 N–H and O–H groups in total. The molecule has 174 valence electrons. The Morgan fingerprint density at radius 2 is 1.26 bits per heavy atom. The first-order valence-corrected chi connectivity index (χ1v) is 13.6. The van der Waals surface area contributed by atoms with E-state index in [1.165, 1.54) is 81.8 Å². The van der Waals surface area contributed by atoms with E-state index in [-0.39, 0.29) is 36.0 Å². The van der Waals surface area contributed by atoms with Crippen LogP contribution in [0.2, 0.25) is 0 Å². The van der Waals surface area contributed by atoms with Gasteiger partial charge in [0.25, 0.3) is 0 Å². The molecule has 0 aromatic heterocycles. The van der Waals surface area contributed by atoms with Crippen molar-refractivity contribution in [3.8, 4) is 5.75 Å². The van der Waals surface area contributed by atoms with Crippen molar-refractivity contribution in [2.45, 2.75) is 123 Å². The zero-order valence-corrected chi connectivity index (χ0v) is 23.3. The summed E-state index contributed by atoms with van der Waals surface area (Å²) < 4.78 is 39.7. The van der Waals surface area contributed by atoms with Crippen LogP contribution in [0.15, 0.2) is 18.2 Å². The predicted octanol–water partition coefficient (Wildman–Crippen LogP) is 4.16. The summed E-state index contributed by atoms with van der Waals surface area (Å²) in [5.41, 5.74) is 1.27. The Kier molecular flexibility index (Phi) is 18.3. The second-order valence-electron chi connectivity index (χ2n) is 8.41. The van der Waals surface area contributed by atoms with Crippen molar-refractivity contribution in [3.05, 3.63) is 29.3 Å². The van der Waals surface area contributed by atoms with E-state index >= 15 is 0 Å². The van der Waals surface area contributed by atoms with Gasteiger partial charge in [-0.3, -0.25) is 0 Å². The minimum absolute atomic E-state index is 0. The molecule has 0 amide bonds. The van der Waals surface area contributed by atoms with E-state index in [9.17, 15) is 13.0 Å². The van der Waals surface area contributed by atoms with E-state index < -0.39 is 15.6 Å². The Hall–Kier alpha value is -0.0700. The molecule has 6 heteroatoms. The summed E-state index contributed by atoms with van der Waals surface area (Å²) in [5, 5.41) is 0. The molecule has 0 aliphatic carbocycles. The van der Waals surface area contributed by atoms with Gasteiger partial charge in [-0.05, 0) is 55.4 Å². The Bertz CT molecular complexity index is 676. The molecule has 0 aliphatic heterocycles. The maximum Gasteiger partial charge on any atom is 1.00 e. The number of aryl methyl sites for hydroxylation is 2. The number of hydrogen-bond acceptors (Lipinski definition) is 4. The molecule has 31 heavy (non-hydrogen) atoms. The summed E-state index contributed by atoms with van der Waals surface area (Å²) in [6, 6.07) is 5.86. The van der Waals surface area contributed by atoms with Gasteiger partial charge < -0.3 is 9.29 Å². The molecule has 1 atom stereocenters. The topological polar surface area (TPSA) is 66.4 Å². The predicted molar refractivity (Wildman–Crippen MR) is 125 cm³/mol. The summed E-state index contributed by atoms with van der Waals surface area (Å²) in [6.45, 7) is 6.12. The molecule has 1 aromatic rings. The summed E-state index contributed by atoms with van der Waals surface area (Å²) in [4.78, 5) is 0. The van der Waals surface area contributed by atoms with Crippen LogP contribution >= 0.6 is 0 Å². The van der Waals surface area contributed by atoms with Gasteiger partial charge in [-0.15, -0.1) is 0 Å². The van der Waals surface area contributed by atoms with Crippen molar-refractivity contribution < 1.29 is 47.3 Å².